The highest BCUT2D eigenvalue weighted by Gasteiger charge is 2.66. The molecule has 0 saturated carbocycles. The van der Waals surface area contributed by atoms with E-state index in [-0.39, 0.29) is 30.7 Å². The number of halogens is 1. The van der Waals surface area contributed by atoms with E-state index in [9.17, 15) is 19.5 Å². The molecule has 4 aliphatic heterocycles. The maximum absolute atomic E-state index is 16.5. The lowest BCUT2D eigenvalue weighted by Crippen LogP contribution is -2.48. The highest BCUT2D eigenvalue weighted by molar-refractivity contribution is 6.72. The third kappa shape index (κ3) is 5.12. The minimum absolute atomic E-state index is 0.131. The van der Waals surface area contributed by atoms with Gasteiger partial charge in [0.1, 0.15) is 5.75 Å². The molecule has 4 heterocycles. The average Bonchev–Trinajstić information content (AvgIpc) is 3.48. The number of benzene rings is 4. The van der Waals surface area contributed by atoms with Gasteiger partial charge in [-0.1, -0.05) is 55.5 Å². The van der Waals surface area contributed by atoms with Gasteiger partial charge < -0.3 is 28.5 Å². The Labute approximate surface area is 297 Å². The molecule has 3 amide bonds. The molecule has 0 aromatic heterocycles. The monoisotopic (exact) mass is 705 g/mol. The summed E-state index contributed by atoms with van der Waals surface area (Å²) in [5.74, 6) is -0.585. The summed E-state index contributed by atoms with van der Waals surface area (Å²) < 4.78 is 29.6. The number of amides is 3. The zero-order valence-corrected chi connectivity index (χ0v) is 30.0. The van der Waals surface area contributed by atoms with E-state index in [0.717, 1.165) is 11.1 Å². The number of ether oxygens (including phenoxy) is 2. The van der Waals surface area contributed by atoms with E-state index >= 15 is 4.11 Å². The summed E-state index contributed by atoms with van der Waals surface area (Å²) in [6, 6.07) is 27.2. The Bertz CT molecular complexity index is 2090. The largest absolute Gasteiger partial charge is 0.454 e. The molecule has 11 heteroatoms. The first-order valence-corrected chi connectivity index (χ1v) is 20.4. The zero-order chi connectivity index (χ0) is 35.8. The molecule has 5 atom stereocenters. The van der Waals surface area contributed by atoms with Gasteiger partial charge in [0.05, 0.1) is 42.1 Å². The predicted molar refractivity (Wildman–Crippen MR) is 194 cm³/mol. The topological polar surface area (TPSA) is 99.6 Å². The molecule has 4 aromatic rings. The first kappa shape index (κ1) is 33.3. The van der Waals surface area contributed by atoms with E-state index < -0.39 is 37.6 Å². The lowest BCUT2D eigenvalue weighted by molar-refractivity contribution is -0.150. The maximum atomic E-state index is 16.5. The van der Waals surface area contributed by atoms with Gasteiger partial charge in [0.15, 0.2) is 11.4 Å². The van der Waals surface area contributed by atoms with Gasteiger partial charge in [-0.25, -0.2) is 0 Å². The first-order valence-electron chi connectivity index (χ1n) is 17.4. The fraction of sp³-hybridized carbons (Fsp3) is 0.325. The number of nitrogens with zero attached hydrogens (tertiary/aromatic N) is 3. The molecular weight excluding hydrogens is 666 g/mol. The van der Waals surface area contributed by atoms with Crippen LogP contribution in [0.2, 0.25) is 18.6 Å². The fourth-order valence-electron chi connectivity index (χ4n) is 8.88. The number of aliphatic hydroxyl groups is 1. The first-order chi connectivity index (χ1) is 24.4. The fourth-order valence-corrected chi connectivity index (χ4v) is 11.4. The van der Waals surface area contributed by atoms with Crippen LogP contribution in [0.15, 0.2) is 91.0 Å². The third-order valence-corrected chi connectivity index (χ3v) is 13.7. The van der Waals surface area contributed by atoms with E-state index in [1.807, 2.05) is 55.5 Å². The van der Waals surface area contributed by atoms with Gasteiger partial charge in [-0.15, -0.1) is 0 Å². The second kappa shape index (κ2) is 12.1. The van der Waals surface area contributed by atoms with E-state index in [2.05, 4.69) is 0 Å². The molecule has 51 heavy (non-hydrogen) atoms. The quantitative estimate of drug-likeness (QED) is 0.180. The highest BCUT2D eigenvalue weighted by atomic mass is 28.4. The average molecular weight is 706 g/mol. The van der Waals surface area contributed by atoms with Crippen molar-refractivity contribution in [1.29, 1.82) is 0 Å². The lowest BCUT2D eigenvalue weighted by Gasteiger charge is -2.37. The molecule has 1 saturated heterocycles. The van der Waals surface area contributed by atoms with Crippen molar-refractivity contribution in [1.82, 2.24) is 4.90 Å². The van der Waals surface area contributed by atoms with Gasteiger partial charge in [0, 0.05) is 36.3 Å². The summed E-state index contributed by atoms with van der Waals surface area (Å²) in [4.78, 5) is 47.7. The zero-order valence-electron chi connectivity index (χ0n) is 29.0. The van der Waals surface area contributed by atoms with Crippen LogP contribution >= 0.6 is 0 Å². The van der Waals surface area contributed by atoms with Crippen LogP contribution < -0.4 is 14.5 Å². The van der Waals surface area contributed by atoms with Crippen molar-refractivity contribution in [2.45, 2.75) is 62.7 Å². The number of anilines is 3. The third-order valence-electron chi connectivity index (χ3n) is 11.2. The number of fused-ring (bicyclic) bond motifs is 5. The van der Waals surface area contributed by atoms with Crippen molar-refractivity contribution in [2.75, 3.05) is 23.5 Å². The Morgan fingerprint density at radius 2 is 1.63 bits per heavy atom. The van der Waals surface area contributed by atoms with Crippen molar-refractivity contribution < 1.29 is 33.1 Å². The van der Waals surface area contributed by atoms with E-state index in [1.165, 1.54) is 4.90 Å². The number of hydrogen-bond acceptors (Lipinski definition) is 6. The normalized spacial score (nSPS) is 25.3. The van der Waals surface area contributed by atoms with Gasteiger partial charge in [-0.2, -0.15) is 0 Å². The number of hydrogen-bond donors (Lipinski definition) is 1. The van der Waals surface area contributed by atoms with Crippen LogP contribution in [0.25, 0.3) is 0 Å². The van der Waals surface area contributed by atoms with E-state index in [0.29, 0.717) is 52.7 Å². The van der Waals surface area contributed by atoms with Crippen molar-refractivity contribution in [3.05, 3.63) is 113 Å². The second-order valence-electron chi connectivity index (χ2n) is 14.6. The Balaban J connectivity index is 1.20. The van der Waals surface area contributed by atoms with Crippen LogP contribution in [-0.4, -0.2) is 61.9 Å². The van der Waals surface area contributed by atoms with E-state index in [4.69, 9.17) is 9.47 Å². The Morgan fingerprint density at radius 1 is 0.941 bits per heavy atom. The standard InChI is InChI=1S/C40H40FN3O6Si/c1-24-37(51(3,4)41)35(21-36(46)43-22-26-12-6-5-11-25(26)19-28(43)23-45)50-40(24)30-20-27(17-18-31(30)42(2)39(40)48)44-32-14-8-10-16-34(32)49-33-15-9-7-13-29(33)38(44)47/h5-18,20,24,28,35,37,45H,19,21-23H2,1-4H3/t24-,28+,35+,37-,40+/m1/s1. The number of rotatable bonds is 5. The van der Waals surface area contributed by atoms with Crippen LogP contribution in [0.3, 0.4) is 0 Å². The highest BCUT2D eigenvalue weighted by Crippen LogP contribution is 2.60. The number of likely N-dealkylation sites (N-methyl/N-ethyl adjacent to an activating group) is 1. The maximum Gasteiger partial charge on any atom is 0.266 e. The van der Waals surface area contributed by atoms with Crippen LogP contribution in [0.1, 0.15) is 40.4 Å². The van der Waals surface area contributed by atoms with Crippen LogP contribution in [0.4, 0.5) is 21.2 Å². The molecule has 9 nitrogen and oxygen atoms in total. The molecular formula is C40H40FN3O6Si. The van der Waals surface area contributed by atoms with Crippen molar-refractivity contribution in [3.63, 3.8) is 0 Å². The van der Waals surface area contributed by atoms with Crippen LogP contribution in [0.5, 0.6) is 11.5 Å². The van der Waals surface area contributed by atoms with Crippen molar-refractivity contribution in [2.24, 2.45) is 5.92 Å². The number of carbonyl (C=O) groups is 3. The van der Waals surface area contributed by atoms with Crippen LogP contribution in [0, 0.1) is 5.92 Å². The summed E-state index contributed by atoms with van der Waals surface area (Å²) in [5.41, 5.74) is 2.36. The molecule has 8 rings (SSSR count). The Morgan fingerprint density at radius 3 is 2.37 bits per heavy atom. The molecule has 4 aliphatic rings. The molecule has 0 bridgehead atoms. The number of carbonyl (C=O) groups excluding carboxylic acids is 3. The van der Waals surface area contributed by atoms with Crippen molar-refractivity contribution in [3.8, 4) is 11.5 Å². The SMILES string of the molecule is C[C@@H]1[C@@H]([Si](C)(C)F)[C@H](CC(=O)N2Cc3ccccc3C[C@H]2CO)O[C@@]12C(=O)N(C)c1ccc(N3C(=O)c4ccccc4Oc4ccccc43)cc12. The van der Waals surface area contributed by atoms with Crippen molar-refractivity contribution >= 4 is 43.2 Å². The predicted octanol–water partition coefficient (Wildman–Crippen LogP) is 6.86. The minimum atomic E-state index is -3.56. The minimum Gasteiger partial charge on any atom is -0.454 e. The van der Waals surface area contributed by atoms with E-state index in [1.54, 1.807) is 72.4 Å². The molecule has 0 radical (unpaired) electrons. The summed E-state index contributed by atoms with van der Waals surface area (Å²) in [7, 11) is -1.89. The Kier molecular flexibility index (Phi) is 7.93. The van der Waals surface area contributed by atoms with Crippen LogP contribution in [-0.2, 0) is 32.9 Å². The summed E-state index contributed by atoms with van der Waals surface area (Å²) in [6.45, 7) is 5.19. The molecule has 0 unspecified atom stereocenters. The molecule has 1 fully saturated rings. The smallest absolute Gasteiger partial charge is 0.266 e. The number of aliphatic hydroxyl groups excluding tert-OH is 1. The molecule has 262 valence electrons. The lowest BCUT2D eigenvalue weighted by atomic mass is 9.82. The molecule has 0 aliphatic carbocycles. The van der Waals surface area contributed by atoms with Gasteiger partial charge >= 0.3 is 0 Å². The summed E-state index contributed by atoms with van der Waals surface area (Å²) in [6.07, 6.45) is -0.499. The summed E-state index contributed by atoms with van der Waals surface area (Å²) in [5, 5.41) is 10.3. The van der Waals surface area contributed by atoms with Gasteiger partial charge in [0.25, 0.3) is 11.8 Å². The van der Waals surface area contributed by atoms with Gasteiger partial charge in [-0.3, -0.25) is 19.3 Å². The molecule has 1 N–H and O–H groups in total. The number of para-hydroxylation sites is 3. The summed E-state index contributed by atoms with van der Waals surface area (Å²) >= 11 is 0. The second-order valence-corrected chi connectivity index (χ2v) is 18.4. The van der Waals surface area contributed by atoms with Gasteiger partial charge in [0.2, 0.25) is 14.3 Å². The van der Waals surface area contributed by atoms with Gasteiger partial charge in [-0.05, 0) is 73.1 Å². The molecule has 1 spiro atoms. The molecule has 4 aromatic carbocycles. The Hall–Kier alpha value is -4.84.